The van der Waals surface area contributed by atoms with E-state index in [9.17, 15) is 13.6 Å². The molecule has 2 aliphatic rings. The van der Waals surface area contributed by atoms with Crippen molar-refractivity contribution >= 4 is 17.6 Å². The zero-order valence-electron chi connectivity index (χ0n) is 14.8. The van der Waals surface area contributed by atoms with Gasteiger partial charge < -0.3 is 4.74 Å². The number of ether oxygens (including phenoxy) is 1. The smallest absolute Gasteiger partial charge is 0.314 e. The van der Waals surface area contributed by atoms with Gasteiger partial charge in [-0.2, -0.15) is 0 Å². The molecule has 0 aromatic heterocycles. The molecule has 0 amide bonds. The summed E-state index contributed by atoms with van der Waals surface area (Å²) in [6.45, 7) is 0. The molecule has 0 heterocycles. The molecule has 0 spiro atoms. The van der Waals surface area contributed by atoms with Gasteiger partial charge in [0.1, 0.15) is 5.75 Å². The van der Waals surface area contributed by atoms with Gasteiger partial charge in [-0.25, -0.2) is 8.78 Å². The molecule has 142 valence electrons. The fraction of sp³-hybridized carbons (Fsp3) is 0.571. The average molecular weight is 383 g/mol. The van der Waals surface area contributed by atoms with Crippen LogP contribution in [0.15, 0.2) is 29.8 Å². The third-order valence-electron chi connectivity index (χ3n) is 6.04. The normalized spacial score (nSPS) is 29.7. The molecule has 3 rings (SSSR count). The van der Waals surface area contributed by atoms with E-state index in [4.69, 9.17) is 16.3 Å². The van der Waals surface area contributed by atoms with Crippen molar-refractivity contribution < 1.29 is 18.3 Å². The van der Waals surface area contributed by atoms with Crippen LogP contribution >= 0.6 is 11.6 Å². The fourth-order valence-corrected chi connectivity index (χ4v) is 4.68. The number of rotatable bonds is 4. The highest BCUT2D eigenvalue weighted by Crippen LogP contribution is 2.42. The Morgan fingerprint density at radius 3 is 2.15 bits per heavy atom. The third kappa shape index (κ3) is 4.85. The van der Waals surface area contributed by atoms with E-state index in [1.807, 2.05) is 0 Å². The minimum atomic E-state index is -1.00. The molecule has 0 N–H and O–H groups in total. The average Bonchev–Trinajstić information content (AvgIpc) is 2.66. The fourth-order valence-electron chi connectivity index (χ4n) is 4.48. The molecule has 0 atom stereocenters. The van der Waals surface area contributed by atoms with Crippen molar-refractivity contribution in [2.45, 2.75) is 51.4 Å². The Morgan fingerprint density at radius 2 is 1.58 bits per heavy atom. The molecule has 26 heavy (non-hydrogen) atoms. The van der Waals surface area contributed by atoms with E-state index >= 15 is 0 Å². The highest BCUT2D eigenvalue weighted by atomic mass is 35.5. The predicted octanol–water partition coefficient (Wildman–Crippen LogP) is 6.24. The number of esters is 1. The van der Waals surface area contributed by atoms with Crippen molar-refractivity contribution in [3.05, 3.63) is 41.4 Å². The summed E-state index contributed by atoms with van der Waals surface area (Å²) >= 11 is 5.68. The molecule has 2 nitrogen and oxygen atoms in total. The number of carbonyl (C=O) groups excluding carboxylic acids is 1. The van der Waals surface area contributed by atoms with E-state index in [2.05, 4.69) is 6.08 Å². The molecule has 0 unspecified atom stereocenters. The second kappa shape index (κ2) is 8.98. The Kier molecular flexibility index (Phi) is 6.68. The third-order valence-corrected chi connectivity index (χ3v) is 6.19. The van der Waals surface area contributed by atoms with Gasteiger partial charge in [-0.05, 0) is 81.3 Å². The summed E-state index contributed by atoms with van der Waals surface area (Å²) in [5.74, 6) is -0.297. The topological polar surface area (TPSA) is 26.3 Å². The van der Waals surface area contributed by atoms with Crippen molar-refractivity contribution in [2.75, 3.05) is 0 Å². The zero-order valence-corrected chi connectivity index (χ0v) is 15.6. The van der Waals surface area contributed by atoms with Crippen LogP contribution in [0.25, 0.3) is 0 Å². The lowest BCUT2D eigenvalue weighted by Gasteiger charge is -2.36. The van der Waals surface area contributed by atoms with Crippen LogP contribution in [-0.2, 0) is 4.79 Å². The number of carbonyl (C=O) groups is 1. The summed E-state index contributed by atoms with van der Waals surface area (Å²) < 4.78 is 31.4. The van der Waals surface area contributed by atoms with Crippen LogP contribution < -0.4 is 4.74 Å². The minimum absolute atomic E-state index is 0.0710. The van der Waals surface area contributed by atoms with Crippen LogP contribution in [0.2, 0.25) is 0 Å². The molecule has 0 bridgehead atoms. The van der Waals surface area contributed by atoms with Gasteiger partial charge in [-0.3, -0.25) is 4.79 Å². The van der Waals surface area contributed by atoms with Crippen LogP contribution in [0.5, 0.6) is 5.75 Å². The van der Waals surface area contributed by atoms with Crippen LogP contribution in [0.3, 0.4) is 0 Å². The number of hydrogen-bond acceptors (Lipinski definition) is 2. The first kappa shape index (κ1) is 19.3. The Bertz CT molecular complexity index is 645. The SMILES string of the molecule is O=C(Oc1ccc(F)c(F)c1)C1CCC(C2CCC(/C=C/Cl)CC2)CC1. The standard InChI is InChI=1S/C21H25ClF2O2/c22-12-11-14-1-3-15(4-2-14)16-5-7-17(8-6-16)21(25)26-18-9-10-19(23)20(24)13-18/h9-17H,1-8H2/b12-11+. The van der Waals surface area contributed by atoms with Crippen LogP contribution in [0.1, 0.15) is 51.4 Å². The molecule has 5 heteroatoms. The Balaban J connectivity index is 1.46. The lowest BCUT2D eigenvalue weighted by molar-refractivity contribution is -0.140. The quantitative estimate of drug-likeness (QED) is 0.455. The Labute approximate surface area is 158 Å². The highest BCUT2D eigenvalue weighted by molar-refractivity contribution is 6.25. The van der Waals surface area contributed by atoms with Gasteiger partial charge in [0.2, 0.25) is 0 Å². The van der Waals surface area contributed by atoms with Gasteiger partial charge in [0.25, 0.3) is 0 Å². The van der Waals surface area contributed by atoms with E-state index in [1.54, 1.807) is 5.54 Å². The first-order valence-corrected chi connectivity index (χ1v) is 9.94. The first-order valence-electron chi connectivity index (χ1n) is 9.50. The zero-order chi connectivity index (χ0) is 18.5. The summed E-state index contributed by atoms with van der Waals surface area (Å²) in [4.78, 5) is 12.3. The van der Waals surface area contributed by atoms with Crippen LogP contribution in [0, 0.1) is 35.3 Å². The summed E-state index contributed by atoms with van der Waals surface area (Å²) in [6, 6.07) is 3.19. The van der Waals surface area contributed by atoms with Crippen LogP contribution in [-0.4, -0.2) is 5.97 Å². The highest BCUT2D eigenvalue weighted by Gasteiger charge is 2.33. The summed E-state index contributed by atoms with van der Waals surface area (Å²) in [6.07, 6.45) is 10.7. The second-order valence-electron chi connectivity index (χ2n) is 7.60. The lowest BCUT2D eigenvalue weighted by atomic mass is 9.69. The van der Waals surface area contributed by atoms with E-state index < -0.39 is 11.6 Å². The molecule has 1 aromatic rings. The molecular formula is C21H25ClF2O2. The minimum Gasteiger partial charge on any atom is -0.426 e. The Morgan fingerprint density at radius 1 is 0.962 bits per heavy atom. The lowest BCUT2D eigenvalue weighted by Crippen LogP contribution is -2.30. The summed E-state index contributed by atoms with van der Waals surface area (Å²) in [7, 11) is 0. The van der Waals surface area contributed by atoms with Crippen molar-refractivity contribution in [3.63, 3.8) is 0 Å². The van der Waals surface area contributed by atoms with Gasteiger partial charge in [0, 0.05) is 11.6 Å². The molecule has 2 fully saturated rings. The summed E-state index contributed by atoms with van der Waals surface area (Å²) in [5.41, 5.74) is 1.63. The number of hydrogen-bond donors (Lipinski definition) is 0. The number of allylic oxidation sites excluding steroid dienone is 1. The first-order chi connectivity index (χ1) is 12.6. The van der Waals surface area contributed by atoms with Gasteiger partial charge >= 0.3 is 5.97 Å². The van der Waals surface area contributed by atoms with Gasteiger partial charge in [-0.15, -0.1) is 0 Å². The number of benzene rings is 1. The van der Waals surface area contributed by atoms with Gasteiger partial charge in [0.05, 0.1) is 5.92 Å². The van der Waals surface area contributed by atoms with E-state index in [1.165, 1.54) is 31.7 Å². The molecule has 0 aliphatic heterocycles. The molecule has 0 saturated heterocycles. The van der Waals surface area contributed by atoms with Crippen molar-refractivity contribution in [1.82, 2.24) is 0 Å². The maximum absolute atomic E-state index is 13.2. The monoisotopic (exact) mass is 382 g/mol. The largest absolute Gasteiger partial charge is 0.426 e. The molecule has 0 radical (unpaired) electrons. The predicted molar refractivity (Wildman–Crippen MR) is 97.9 cm³/mol. The summed E-state index contributed by atoms with van der Waals surface area (Å²) in [5, 5.41) is 0. The van der Waals surface area contributed by atoms with Gasteiger partial charge in [-0.1, -0.05) is 17.7 Å². The maximum Gasteiger partial charge on any atom is 0.314 e. The Hall–Kier alpha value is -1.42. The van der Waals surface area contributed by atoms with Crippen LogP contribution in [0.4, 0.5) is 8.78 Å². The number of halogens is 3. The van der Waals surface area contributed by atoms with Crippen molar-refractivity contribution in [3.8, 4) is 5.75 Å². The molecule has 2 aliphatic carbocycles. The van der Waals surface area contributed by atoms with Crippen molar-refractivity contribution in [2.24, 2.45) is 23.7 Å². The maximum atomic E-state index is 13.2. The second-order valence-corrected chi connectivity index (χ2v) is 7.85. The molecule has 1 aromatic carbocycles. The van der Waals surface area contributed by atoms with E-state index in [0.717, 1.165) is 43.7 Å². The molecular weight excluding hydrogens is 358 g/mol. The van der Waals surface area contributed by atoms with E-state index in [0.29, 0.717) is 11.8 Å². The molecule has 2 saturated carbocycles. The van der Waals surface area contributed by atoms with E-state index in [-0.39, 0.29) is 17.6 Å². The van der Waals surface area contributed by atoms with Gasteiger partial charge in [0.15, 0.2) is 11.6 Å². The van der Waals surface area contributed by atoms with Crippen molar-refractivity contribution in [1.29, 1.82) is 0 Å².